The molecule has 10 heteroatoms. The number of aliphatic carboxylic acids is 1. The summed E-state index contributed by atoms with van der Waals surface area (Å²) in [4.78, 5) is 25.9. The topological polar surface area (TPSA) is 79.3 Å². The number of benzene rings is 1. The molecule has 3 atom stereocenters. The monoisotopic (exact) mass is 458 g/mol. The van der Waals surface area contributed by atoms with Gasteiger partial charge in [-0.3, -0.25) is 9.69 Å². The van der Waals surface area contributed by atoms with Gasteiger partial charge in [-0.15, -0.1) is 0 Å². The Morgan fingerprint density at radius 3 is 2.53 bits per heavy atom. The number of methoxy groups -OCH3 is 1. The fourth-order valence-corrected chi connectivity index (χ4v) is 4.47. The lowest BCUT2D eigenvalue weighted by Crippen LogP contribution is -2.42. The van der Waals surface area contributed by atoms with Crippen molar-refractivity contribution in [2.45, 2.75) is 50.6 Å². The Kier molecular flexibility index (Phi) is 8.00. The summed E-state index contributed by atoms with van der Waals surface area (Å²) in [5.41, 5.74) is 1.26. The van der Waals surface area contributed by atoms with Gasteiger partial charge in [-0.2, -0.15) is 13.2 Å². The van der Waals surface area contributed by atoms with Crippen LogP contribution in [0.5, 0.6) is 5.75 Å². The van der Waals surface area contributed by atoms with E-state index in [9.17, 15) is 18.0 Å². The second kappa shape index (κ2) is 10.5. The lowest BCUT2D eigenvalue weighted by molar-refractivity contribution is -0.192. The molecular formula is C22H29F3N2O5. The molecule has 1 aromatic rings. The minimum absolute atomic E-state index is 0.204. The number of hydrogen-bond donors (Lipinski definition) is 1. The number of ether oxygens (including phenoxy) is 2. The molecule has 1 N–H and O–H groups in total. The third-order valence-electron chi connectivity index (χ3n) is 6.11. The Labute approximate surface area is 185 Å². The number of rotatable bonds is 4. The van der Waals surface area contributed by atoms with Crippen LogP contribution in [0.1, 0.15) is 31.2 Å². The van der Waals surface area contributed by atoms with Crippen LogP contribution in [0.2, 0.25) is 0 Å². The number of fused-ring (bicyclic) bond motifs is 1. The van der Waals surface area contributed by atoms with Crippen molar-refractivity contribution < 1.29 is 37.3 Å². The lowest BCUT2D eigenvalue weighted by atomic mass is 9.91. The largest absolute Gasteiger partial charge is 0.497 e. The second-order valence-electron chi connectivity index (χ2n) is 8.37. The van der Waals surface area contributed by atoms with Crippen LogP contribution in [-0.2, 0) is 20.9 Å². The Bertz CT molecular complexity index is 798. The van der Waals surface area contributed by atoms with Gasteiger partial charge in [0.25, 0.3) is 5.91 Å². The van der Waals surface area contributed by atoms with E-state index in [1.807, 2.05) is 17.0 Å². The summed E-state index contributed by atoms with van der Waals surface area (Å²) in [5.74, 6) is -1.09. The molecule has 0 aliphatic carbocycles. The molecule has 3 aliphatic heterocycles. The first-order valence-electron chi connectivity index (χ1n) is 10.8. The van der Waals surface area contributed by atoms with Crippen molar-refractivity contribution >= 4 is 11.9 Å². The Hall–Kier alpha value is -2.33. The van der Waals surface area contributed by atoms with Crippen molar-refractivity contribution in [3.8, 4) is 5.75 Å². The summed E-state index contributed by atoms with van der Waals surface area (Å²) in [7, 11) is 1.70. The fraction of sp³-hybridized carbons (Fsp3) is 0.636. The smallest absolute Gasteiger partial charge is 0.490 e. The predicted octanol–water partition coefficient (Wildman–Crippen LogP) is 2.93. The van der Waals surface area contributed by atoms with Crippen molar-refractivity contribution in [1.29, 1.82) is 0 Å². The number of alkyl halides is 3. The molecule has 0 saturated carbocycles. The van der Waals surface area contributed by atoms with E-state index in [4.69, 9.17) is 19.4 Å². The van der Waals surface area contributed by atoms with E-state index < -0.39 is 12.1 Å². The summed E-state index contributed by atoms with van der Waals surface area (Å²) in [5, 5.41) is 7.12. The van der Waals surface area contributed by atoms with E-state index in [-0.39, 0.29) is 18.1 Å². The van der Waals surface area contributed by atoms with Crippen LogP contribution in [0.25, 0.3) is 0 Å². The summed E-state index contributed by atoms with van der Waals surface area (Å²) >= 11 is 0. The van der Waals surface area contributed by atoms with Gasteiger partial charge in [0.15, 0.2) is 0 Å². The molecule has 1 aromatic carbocycles. The fourth-order valence-electron chi connectivity index (χ4n) is 4.47. The summed E-state index contributed by atoms with van der Waals surface area (Å²) in [6, 6.07) is 8.26. The highest BCUT2D eigenvalue weighted by Gasteiger charge is 2.43. The molecule has 3 aliphatic rings. The van der Waals surface area contributed by atoms with Crippen LogP contribution in [0.3, 0.4) is 0 Å². The van der Waals surface area contributed by atoms with Crippen LogP contribution < -0.4 is 4.74 Å². The highest BCUT2D eigenvalue weighted by Crippen LogP contribution is 2.35. The van der Waals surface area contributed by atoms with Crippen LogP contribution in [0.4, 0.5) is 13.2 Å². The quantitative estimate of drug-likeness (QED) is 0.748. The maximum Gasteiger partial charge on any atom is 0.490 e. The van der Waals surface area contributed by atoms with Crippen LogP contribution >= 0.6 is 0 Å². The number of carboxylic acid groups (broad SMARTS) is 1. The normalized spacial score (nSPS) is 25.6. The van der Waals surface area contributed by atoms with Gasteiger partial charge < -0.3 is 19.5 Å². The number of carbonyl (C=O) groups excluding carboxylic acids is 1. The van der Waals surface area contributed by atoms with Crippen LogP contribution in [0.15, 0.2) is 24.3 Å². The summed E-state index contributed by atoms with van der Waals surface area (Å²) in [6.07, 6.45) is -0.772. The van der Waals surface area contributed by atoms with E-state index in [0.717, 1.165) is 64.2 Å². The molecule has 178 valence electrons. The van der Waals surface area contributed by atoms with E-state index in [0.29, 0.717) is 5.92 Å². The highest BCUT2D eigenvalue weighted by molar-refractivity contribution is 5.81. The van der Waals surface area contributed by atoms with Crippen molar-refractivity contribution in [3.63, 3.8) is 0 Å². The number of piperidine rings is 1. The number of carboxylic acids is 1. The van der Waals surface area contributed by atoms with E-state index >= 15 is 0 Å². The molecular weight excluding hydrogens is 429 g/mol. The number of nitrogens with zero attached hydrogens (tertiary/aromatic N) is 2. The van der Waals surface area contributed by atoms with Crippen molar-refractivity contribution in [2.24, 2.45) is 5.92 Å². The van der Waals surface area contributed by atoms with E-state index in [2.05, 4.69) is 17.0 Å². The van der Waals surface area contributed by atoms with Crippen molar-refractivity contribution in [1.82, 2.24) is 9.80 Å². The van der Waals surface area contributed by atoms with Gasteiger partial charge in [0.05, 0.1) is 13.2 Å². The van der Waals surface area contributed by atoms with Crippen LogP contribution in [0, 0.1) is 5.92 Å². The molecule has 0 aromatic heterocycles. The molecule has 0 bridgehead atoms. The zero-order chi connectivity index (χ0) is 23.3. The third-order valence-corrected chi connectivity index (χ3v) is 6.11. The third kappa shape index (κ3) is 6.35. The molecule has 3 fully saturated rings. The van der Waals surface area contributed by atoms with Gasteiger partial charge in [-0.25, -0.2) is 4.79 Å². The molecule has 4 rings (SSSR count). The Balaban J connectivity index is 0.000000360. The van der Waals surface area contributed by atoms with Gasteiger partial charge in [-0.05, 0) is 55.8 Å². The number of carbonyl (C=O) groups is 2. The average molecular weight is 458 g/mol. The molecule has 0 unspecified atom stereocenters. The lowest BCUT2D eigenvalue weighted by Gasteiger charge is -2.34. The van der Waals surface area contributed by atoms with Gasteiger partial charge in [0.2, 0.25) is 0 Å². The molecule has 3 saturated heterocycles. The second-order valence-corrected chi connectivity index (χ2v) is 8.37. The maximum atomic E-state index is 12.6. The highest BCUT2D eigenvalue weighted by atomic mass is 19.4. The minimum Gasteiger partial charge on any atom is -0.497 e. The van der Waals surface area contributed by atoms with Gasteiger partial charge in [-0.1, -0.05) is 12.1 Å². The zero-order valence-electron chi connectivity index (χ0n) is 18.0. The summed E-state index contributed by atoms with van der Waals surface area (Å²) < 4.78 is 43.2. The number of hydrogen-bond acceptors (Lipinski definition) is 5. The SMILES string of the molecule is COc1cccc(CN2CC[C@H]3C[C@H](C(=O)N4CCCC4)O[C@H]3C2)c1.O=C(O)C(F)(F)F. The molecule has 32 heavy (non-hydrogen) atoms. The van der Waals surface area contributed by atoms with Crippen LogP contribution in [-0.4, -0.2) is 78.5 Å². The van der Waals surface area contributed by atoms with E-state index in [1.54, 1.807) is 7.11 Å². The van der Waals surface area contributed by atoms with Gasteiger partial charge in [0.1, 0.15) is 11.9 Å². The van der Waals surface area contributed by atoms with E-state index in [1.165, 1.54) is 5.56 Å². The summed E-state index contributed by atoms with van der Waals surface area (Å²) in [6.45, 7) is 4.73. The molecule has 3 heterocycles. The first-order valence-corrected chi connectivity index (χ1v) is 10.8. The first-order chi connectivity index (χ1) is 15.2. The van der Waals surface area contributed by atoms with Gasteiger partial charge >= 0.3 is 12.1 Å². The molecule has 1 amide bonds. The average Bonchev–Trinajstić information content (AvgIpc) is 3.43. The molecule has 0 spiro atoms. The Morgan fingerprint density at radius 1 is 1.22 bits per heavy atom. The number of amides is 1. The number of halogens is 3. The first kappa shape index (κ1) is 24.3. The van der Waals surface area contributed by atoms with Crippen molar-refractivity contribution in [3.05, 3.63) is 29.8 Å². The Morgan fingerprint density at radius 2 is 1.91 bits per heavy atom. The maximum absolute atomic E-state index is 12.6. The zero-order valence-corrected chi connectivity index (χ0v) is 18.0. The van der Waals surface area contributed by atoms with Crippen molar-refractivity contribution in [2.75, 3.05) is 33.3 Å². The minimum atomic E-state index is -5.08. The molecule has 0 radical (unpaired) electrons. The number of likely N-dealkylation sites (tertiary alicyclic amines) is 2. The van der Waals surface area contributed by atoms with Gasteiger partial charge in [0, 0.05) is 26.2 Å². The predicted molar refractivity (Wildman–Crippen MR) is 109 cm³/mol. The standard InChI is InChI=1S/C20H28N2O3.C2HF3O2/c1-24-17-6-4-5-15(11-17)13-21-10-7-16-12-18(25-19(16)14-21)20(23)22-8-2-3-9-22;3-2(4,5)1(6)7/h4-6,11,16,18-19H,2-3,7-10,12-14H2,1H3;(H,6,7)/t16-,18+,19-;/m0./s1. The molecule has 7 nitrogen and oxygen atoms in total.